The predicted molar refractivity (Wildman–Crippen MR) is 75.6 cm³/mol. The monoisotopic (exact) mass is 279 g/mol. The van der Waals surface area contributed by atoms with Crippen LogP contribution in [0.4, 0.5) is 5.69 Å². The van der Waals surface area contributed by atoms with Gasteiger partial charge in [-0.1, -0.05) is 34.8 Å². The van der Waals surface area contributed by atoms with E-state index in [1.807, 2.05) is 13.0 Å². The first-order chi connectivity index (χ1) is 8.56. The molecule has 18 heavy (non-hydrogen) atoms. The fraction of sp³-hybridized carbons (Fsp3) is 0.0714. The van der Waals surface area contributed by atoms with Gasteiger partial charge >= 0.3 is 0 Å². The summed E-state index contributed by atoms with van der Waals surface area (Å²) >= 11 is 11.8. The Morgan fingerprint density at radius 2 is 1.72 bits per heavy atom. The molecule has 92 valence electrons. The average Bonchev–Trinajstić information content (AvgIpc) is 2.35. The molecule has 2 aromatic carbocycles. The van der Waals surface area contributed by atoms with Crippen LogP contribution in [0.1, 0.15) is 15.9 Å². The maximum atomic E-state index is 12.0. The molecule has 0 aliphatic heterocycles. The predicted octanol–water partition coefficient (Wildman–Crippen LogP) is 4.55. The van der Waals surface area contributed by atoms with Gasteiger partial charge in [0.25, 0.3) is 5.91 Å². The number of carbonyl (C=O) groups excluding carboxylic acids is 1. The zero-order valence-corrected chi connectivity index (χ0v) is 11.2. The Bertz CT molecular complexity index is 579. The van der Waals surface area contributed by atoms with Crippen molar-refractivity contribution in [1.82, 2.24) is 0 Å². The smallest absolute Gasteiger partial charge is 0.257 e. The molecule has 0 aliphatic rings. The maximum Gasteiger partial charge on any atom is 0.257 e. The van der Waals surface area contributed by atoms with Gasteiger partial charge in [0.2, 0.25) is 0 Å². The van der Waals surface area contributed by atoms with Crippen molar-refractivity contribution in [2.45, 2.75) is 6.92 Å². The van der Waals surface area contributed by atoms with Crippen molar-refractivity contribution in [2.75, 3.05) is 5.32 Å². The van der Waals surface area contributed by atoms with Crippen LogP contribution >= 0.6 is 23.2 Å². The van der Waals surface area contributed by atoms with Crippen molar-refractivity contribution < 1.29 is 4.79 Å². The number of aryl methyl sites for hydroxylation is 1. The molecule has 0 unspecified atom stereocenters. The molecule has 0 radical (unpaired) electrons. The zero-order chi connectivity index (χ0) is 13.1. The number of hydrogen-bond acceptors (Lipinski definition) is 1. The number of anilines is 1. The van der Waals surface area contributed by atoms with Gasteiger partial charge in [-0.3, -0.25) is 4.79 Å². The van der Waals surface area contributed by atoms with E-state index < -0.39 is 0 Å². The SMILES string of the molecule is Cc1ccc(Cl)c(C(=O)Nc2ccc(Cl)cc2)c1. The topological polar surface area (TPSA) is 29.1 Å². The van der Waals surface area contributed by atoms with Gasteiger partial charge in [-0.05, 0) is 43.3 Å². The molecule has 0 aliphatic carbocycles. The molecule has 2 nitrogen and oxygen atoms in total. The maximum absolute atomic E-state index is 12.0. The summed E-state index contributed by atoms with van der Waals surface area (Å²) in [7, 11) is 0. The molecule has 2 rings (SSSR count). The number of hydrogen-bond donors (Lipinski definition) is 1. The summed E-state index contributed by atoms with van der Waals surface area (Å²) in [6.07, 6.45) is 0. The summed E-state index contributed by atoms with van der Waals surface area (Å²) in [5.74, 6) is -0.231. The van der Waals surface area contributed by atoms with Crippen molar-refractivity contribution in [2.24, 2.45) is 0 Å². The highest BCUT2D eigenvalue weighted by Gasteiger charge is 2.10. The minimum atomic E-state index is -0.231. The number of amides is 1. The van der Waals surface area contributed by atoms with Crippen LogP contribution in [0.25, 0.3) is 0 Å². The summed E-state index contributed by atoms with van der Waals surface area (Å²) < 4.78 is 0. The Labute approximate surface area is 116 Å². The second-order valence-corrected chi connectivity index (χ2v) is 4.79. The summed E-state index contributed by atoms with van der Waals surface area (Å²) in [5, 5.41) is 3.84. The van der Waals surface area contributed by atoms with Gasteiger partial charge in [-0.25, -0.2) is 0 Å². The van der Waals surface area contributed by atoms with E-state index in [0.717, 1.165) is 5.56 Å². The van der Waals surface area contributed by atoms with E-state index in [4.69, 9.17) is 23.2 Å². The quantitative estimate of drug-likeness (QED) is 0.858. The highest BCUT2D eigenvalue weighted by molar-refractivity contribution is 6.34. The van der Waals surface area contributed by atoms with Crippen molar-refractivity contribution in [3.05, 3.63) is 63.6 Å². The second kappa shape index (κ2) is 5.42. The Kier molecular flexibility index (Phi) is 3.90. The minimum Gasteiger partial charge on any atom is -0.322 e. The van der Waals surface area contributed by atoms with E-state index in [-0.39, 0.29) is 5.91 Å². The lowest BCUT2D eigenvalue weighted by Gasteiger charge is -2.07. The summed E-state index contributed by atoms with van der Waals surface area (Å²) in [4.78, 5) is 12.0. The largest absolute Gasteiger partial charge is 0.322 e. The van der Waals surface area contributed by atoms with Crippen LogP contribution in [-0.4, -0.2) is 5.91 Å². The van der Waals surface area contributed by atoms with E-state index in [1.165, 1.54) is 0 Å². The van der Waals surface area contributed by atoms with E-state index in [0.29, 0.717) is 21.3 Å². The molecule has 0 atom stereocenters. The Morgan fingerprint density at radius 1 is 1.06 bits per heavy atom. The highest BCUT2D eigenvalue weighted by atomic mass is 35.5. The van der Waals surface area contributed by atoms with Crippen LogP contribution in [-0.2, 0) is 0 Å². The molecule has 0 saturated carbocycles. The van der Waals surface area contributed by atoms with Gasteiger partial charge in [0, 0.05) is 10.7 Å². The molecule has 4 heteroatoms. The van der Waals surface area contributed by atoms with Crippen molar-refractivity contribution in [3.8, 4) is 0 Å². The molecular weight excluding hydrogens is 269 g/mol. The van der Waals surface area contributed by atoms with E-state index in [1.54, 1.807) is 36.4 Å². The third-order valence-corrected chi connectivity index (χ3v) is 3.05. The first-order valence-corrected chi connectivity index (χ1v) is 6.15. The van der Waals surface area contributed by atoms with E-state index in [2.05, 4.69) is 5.32 Å². The summed E-state index contributed by atoms with van der Waals surface area (Å²) in [5.41, 5.74) is 2.13. The van der Waals surface area contributed by atoms with Gasteiger partial charge in [0.1, 0.15) is 0 Å². The standard InChI is InChI=1S/C14H11Cl2NO/c1-9-2-7-13(16)12(8-9)14(18)17-11-5-3-10(15)4-6-11/h2-8H,1H3,(H,17,18). The van der Waals surface area contributed by atoms with Crippen LogP contribution in [0, 0.1) is 6.92 Å². The lowest BCUT2D eigenvalue weighted by molar-refractivity contribution is 0.102. The van der Waals surface area contributed by atoms with Gasteiger partial charge in [0.05, 0.1) is 10.6 Å². The van der Waals surface area contributed by atoms with Gasteiger partial charge in [-0.15, -0.1) is 0 Å². The third-order valence-electron chi connectivity index (χ3n) is 2.47. The van der Waals surface area contributed by atoms with Crippen LogP contribution in [0.3, 0.4) is 0 Å². The number of nitrogens with one attached hydrogen (secondary N) is 1. The fourth-order valence-electron chi connectivity index (χ4n) is 1.54. The first-order valence-electron chi connectivity index (χ1n) is 5.39. The second-order valence-electron chi connectivity index (χ2n) is 3.94. The van der Waals surface area contributed by atoms with Crippen molar-refractivity contribution in [3.63, 3.8) is 0 Å². The third kappa shape index (κ3) is 3.03. The molecular formula is C14H11Cl2NO. The molecule has 0 spiro atoms. The normalized spacial score (nSPS) is 10.2. The van der Waals surface area contributed by atoms with Crippen molar-refractivity contribution in [1.29, 1.82) is 0 Å². The van der Waals surface area contributed by atoms with Crippen LogP contribution in [0.15, 0.2) is 42.5 Å². The lowest BCUT2D eigenvalue weighted by atomic mass is 10.1. The average molecular weight is 280 g/mol. The molecule has 0 fully saturated rings. The summed E-state index contributed by atoms with van der Waals surface area (Å²) in [6, 6.07) is 12.3. The Hall–Kier alpha value is -1.51. The fourth-order valence-corrected chi connectivity index (χ4v) is 1.87. The molecule has 0 aromatic heterocycles. The minimum absolute atomic E-state index is 0.231. The van der Waals surface area contributed by atoms with Crippen molar-refractivity contribution >= 4 is 34.8 Å². The molecule has 0 bridgehead atoms. The first kappa shape index (κ1) is 12.9. The molecule has 0 heterocycles. The lowest BCUT2D eigenvalue weighted by Crippen LogP contribution is -2.12. The molecule has 2 aromatic rings. The Morgan fingerprint density at radius 3 is 2.39 bits per heavy atom. The van der Waals surface area contributed by atoms with E-state index >= 15 is 0 Å². The molecule has 1 N–H and O–H groups in total. The number of carbonyl (C=O) groups is 1. The van der Waals surface area contributed by atoms with Gasteiger partial charge in [-0.2, -0.15) is 0 Å². The Balaban J connectivity index is 2.21. The highest BCUT2D eigenvalue weighted by Crippen LogP contribution is 2.20. The number of rotatable bonds is 2. The molecule has 0 saturated heterocycles. The number of benzene rings is 2. The number of halogens is 2. The van der Waals surface area contributed by atoms with Crippen LogP contribution in [0.2, 0.25) is 10.0 Å². The zero-order valence-electron chi connectivity index (χ0n) is 9.71. The van der Waals surface area contributed by atoms with Gasteiger partial charge in [0.15, 0.2) is 0 Å². The van der Waals surface area contributed by atoms with E-state index in [9.17, 15) is 4.79 Å². The molecule has 1 amide bonds. The van der Waals surface area contributed by atoms with Gasteiger partial charge < -0.3 is 5.32 Å². The van der Waals surface area contributed by atoms with Crippen LogP contribution < -0.4 is 5.32 Å². The summed E-state index contributed by atoms with van der Waals surface area (Å²) in [6.45, 7) is 1.91. The van der Waals surface area contributed by atoms with Crippen LogP contribution in [0.5, 0.6) is 0 Å².